The Hall–Kier alpha value is -1.78. The molecule has 0 N–H and O–H groups in total. The first-order valence-corrected chi connectivity index (χ1v) is 7.20. The molecule has 0 saturated carbocycles. The summed E-state index contributed by atoms with van der Waals surface area (Å²) in [5.41, 5.74) is 0.996. The van der Waals surface area contributed by atoms with Crippen LogP contribution in [-0.2, 0) is 14.2 Å². The summed E-state index contributed by atoms with van der Waals surface area (Å²) < 4.78 is 22.9. The smallest absolute Gasteiger partial charge is 0.184 e. The lowest BCUT2D eigenvalue weighted by Crippen LogP contribution is -2.41. The molecule has 1 aromatic carbocycles. The average molecular weight is 288 g/mol. The van der Waals surface area contributed by atoms with Gasteiger partial charge in [0.15, 0.2) is 6.29 Å². The van der Waals surface area contributed by atoms with Crippen LogP contribution in [0.1, 0.15) is 24.7 Å². The van der Waals surface area contributed by atoms with Crippen LogP contribution in [-0.4, -0.2) is 25.9 Å². The first-order chi connectivity index (χ1) is 10.3. The van der Waals surface area contributed by atoms with E-state index in [4.69, 9.17) is 18.9 Å². The molecule has 0 spiro atoms. The van der Waals surface area contributed by atoms with E-state index in [9.17, 15) is 0 Å². The highest BCUT2D eigenvalue weighted by atomic mass is 16.7. The van der Waals surface area contributed by atoms with Crippen molar-refractivity contribution < 1.29 is 18.9 Å². The predicted octanol–water partition coefficient (Wildman–Crippen LogP) is 3.36. The zero-order chi connectivity index (χ0) is 14.7. The van der Waals surface area contributed by atoms with E-state index in [1.165, 1.54) is 0 Å². The summed E-state index contributed by atoms with van der Waals surface area (Å²) >= 11 is 0. The van der Waals surface area contributed by atoms with Crippen LogP contribution in [0.3, 0.4) is 0 Å². The molecule has 112 valence electrons. The lowest BCUT2D eigenvalue weighted by atomic mass is 10.1. The van der Waals surface area contributed by atoms with Gasteiger partial charge in [-0.3, -0.25) is 0 Å². The van der Waals surface area contributed by atoms with E-state index in [0.29, 0.717) is 6.61 Å². The van der Waals surface area contributed by atoms with E-state index in [2.05, 4.69) is 12.7 Å². The van der Waals surface area contributed by atoms with Crippen molar-refractivity contribution in [2.75, 3.05) is 13.7 Å². The number of hydrogen-bond acceptors (Lipinski definition) is 4. The highest BCUT2D eigenvalue weighted by molar-refractivity contribution is 5.28. The maximum absolute atomic E-state index is 6.07. The summed E-state index contributed by atoms with van der Waals surface area (Å²) in [5, 5.41) is 0. The molecule has 21 heavy (non-hydrogen) atoms. The molecule has 0 unspecified atom stereocenters. The van der Waals surface area contributed by atoms with Crippen LogP contribution in [0.15, 0.2) is 48.8 Å². The Kier molecular flexibility index (Phi) is 4.27. The van der Waals surface area contributed by atoms with Crippen LogP contribution in [0.2, 0.25) is 0 Å². The van der Waals surface area contributed by atoms with E-state index in [-0.39, 0.29) is 18.5 Å². The highest BCUT2D eigenvalue weighted by Crippen LogP contribution is 2.32. The van der Waals surface area contributed by atoms with Crippen molar-refractivity contribution in [2.45, 2.75) is 31.3 Å². The van der Waals surface area contributed by atoms with E-state index < -0.39 is 0 Å². The SMILES string of the molecule is C=CC1=CCC[C@@H]2O[C@H](c3ccc(OC)cc3)OC[C@H]2O1. The molecule has 3 rings (SSSR count). The second-order valence-electron chi connectivity index (χ2n) is 5.16. The van der Waals surface area contributed by atoms with Gasteiger partial charge in [-0.1, -0.05) is 18.7 Å². The van der Waals surface area contributed by atoms with Crippen molar-refractivity contribution in [1.82, 2.24) is 0 Å². The van der Waals surface area contributed by atoms with Gasteiger partial charge in [0.1, 0.15) is 23.7 Å². The normalized spacial score (nSPS) is 28.6. The lowest BCUT2D eigenvalue weighted by Gasteiger charge is -2.35. The van der Waals surface area contributed by atoms with Gasteiger partial charge in [0.2, 0.25) is 0 Å². The monoisotopic (exact) mass is 288 g/mol. The molecule has 0 amide bonds. The Morgan fingerprint density at radius 3 is 2.76 bits per heavy atom. The summed E-state index contributed by atoms with van der Waals surface area (Å²) in [6, 6.07) is 7.76. The molecular weight excluding hydrogens is 268 g/mol. The van der Waals surface area contributed by atoms with Crippen molar-refractivity contribution in [3.05, 3.63) is 54.3 Å². The van der Waals surface area contributed by atoms with E-state index in [1.54, 1.807) is 13.2 Å². The van der Waals surface area contributed by atoms with Crippen LogP contribution in [0.25, 0.3) is 0 Å². The lowest BCUT2D eigenvalue weighted by molar-refractivity contribution is -0.258. The minimum Gasteiger partial charge on any atom is -0.497 e. The van der Waals surface area contributed by atoms with Crippen LogP contribution in [0.5, 0.6) is 5.75 Å². The third kappa shape index (κ3) is 3.12. The average Bonchev–Trinajstić information content (AvgIpc) is 2.76. The van der Waals surface area contributed by atoms with Gasteiger partial charge in [-0.2, -0.15) is 0 Å². The highest BCUT2D eigenvalue weighted by Gasteiger charge is 2.35. The third-order valence-electron chi connectivity index (χ3n) is 3.80. The van der Waals surface area contributed by atoms with Gasteiger partial charge < -0.3 is 18.9 Å². The number of allylic oxidation sites excluding steroid dienone is 2. The number of fused-ring (bicyclic) bond motifs is 1. The third-order valence-corrected chi connectivity index (χ3v) is 3.80. The molecule has 2 aliphatic rings. The molecule has 2 heterocycles. The Bertz CT molecular complexity index is 520. The van der Waals surface area contributed by atoms with Crippen molar-refractivity contribution >= 4 is 0 Å². The molecule has 2 aliphatic heterocycles. The molecule has 0 bridgehead atoms. The molecular formula is C17H20O4. The molecule has 1 aromatic rings. The zero-order valence-electron chi connectivity index (χ0n) is 12.2. The largest absolute Gasteiger partial charge is 0.497 e. The van der Waals surface area contributed by atoms with Gasteiger partial charge in [-0.15, -0.1) is 0 Å². The summed E-state index contributed by atoms with van der Waals surface area (Å²) in [7, 11) is 1.65. The summed E-state index contributed by atoms with van der Waals surface area (Å²) in [4.78, 5) is 0. The van der Waals surface area contributed by atoms with Crippen molar-refractivity contribution in [3.8, 4) is 5.75 Å². The Balaban J connectivity index is 1.68. The molecule has 0 aliphatic carbocycles. The standard InChI is InChI=1S/C17H20O4/c1-3-13-5-4-6-15-16(20-13)11-19-17(21-15)12-7-9-14(18-2)10-8-12/h3,5,7-10,15-17H,1,4,6,11H2,2H3/t15-,16+,17+/m0/s1. The summed E-state index contributed by atoms with van der Waals surface area (Å²) in [6.07, 6.45) is 5.28. The van der Waals surface area contributed by atoms with Gasteiger partial charge in [0.05, 0.1) is 13.7 Å². The van der Waals surface area contributed by atoms with Crippen LogP contribution >= 0.6 is 0 Å². The molecule has 4 heteroatoms. The Labute approximate surface area is 125 Å². The van der Waals surface area contributed by atoms with Gasteiger partial charge >= 0.3 is 0 Å². The van der Waals surface area contributed by atoms with Crippen molar-refractivity contribution in [1.29, 1.82) is 0 Å². The van der Waals surface area contributed by atoms with Gasteiger partial charge in [0, 0.05) is 5.56 Å². The molecule has 4 nitrogen and oxygen atoms in total. The van der Waals surface area contributed by atoms with Crippen LogP contribution in [0, 0.1) is 0 Å². The van der Waals surface area contributed by atoms with Gasteiger partial charge in [-0.05, 0) is 37.1 Å². The minimum absolute atomic E-state index is 0.0413. The maximum Gasteiger partial charge on any atom is 0.184 e. The predicted molar refractivity (Wildman–Crippen MR) is 78.9 cm³/mol. The second-order valence-corrected chi connectivity index (χ2v) is 5.16. The zero-order valence-corrected chi connectivity index (χ0v) is 12.2. The number of hydrogen-bond donors (Lipinski definition) is 0. The first kappa shape index (κ1) is 14.2. The Morgan fingerprint density at radius 2 is 2.05 bits per heavy atom. The summed E-state index contributed by atoms with van der Waals surface area (Å²) in [5.74, 6) is 1.64. The molecule has 1 fully saturated rings. The number of rotatable bonds is 3. The van der Waals surface area contributed by atoms with Crippen LogP contribution < -0.4 is 4.74 Å². The topological polar surface area (TPSA) is 36.9 Å². The molecule has 3 atom stereocenters. The van der Waals surface area contributed by atoms with Crippen LogP contribution in [0.4, 0.5) is 0 Å². The second kappa shape index (κ2) is 6.33. The quantitative estimate of drug-likeness (QED) is 0.854. The van der Waals surface area contributed by atoms with E-state index in [1.807, 2.05) is 24.3 Å². The fourth-order valence-electron chi connectivity index (χ4n) is 2.62. The molecule has 0 radical (unpaired) electrons. The fourth-order valence-corrected chi connectivity index (χ4v) is 2.62. The fraction of sp³-hybridized carbons (Fsp3) is 0.412. The maximum atomic E-state index is 6.07. The van der Waals surface area contributed by atoms with Crippen molar-refractivity contribution in [2.24, 2.45) is 0 Å². The number of ether oxygens (including phenoxy) is 4. The van der Waals surface area contributed by atoms with Crippen molar-refractivity contribution in [3.63, 3.8) is 0 Å². The molecule has 1 saturated heterocycles. The first-order valence-electron chi connectivity index (χ1n) is 7.20. The van der Waals surface area contributed by atoms with Gasteiger partial charge in [0.25, 0.3) is 0 Å². The number of benzene rings is 1. The van der Waals surface area contributed by atoms with E-state index in [0.717, 1.165) is 29.9 Å². The molecule has 0 aromatic heterocycles. The minimum atomic E-state index is -0.342. The Morgan fingerprint density at radius 1 is 1.24 bits per heavy atom. The number of methoxy groups -OCH3 is 1. The summed E-state index contributed by atoms with van der Waals surface area (Å²) in [6.45, 7) is 4.28. The van der Waals surface area contributed by atoms with E-state index >= 15 is 0 Å². The van der Waals surface area contributed by atoms with Gasteiger partial charge in [-0.25, -0.2) is 0 Å².